The van der Waals surface area contributed by atoms with Crippen LogP contribution in [0.4, 0.5) is 10.6 Å². The minimum atomic E-state index is -2.38. The number of piperazine rings is 1. The molecule has 0 bridgehead atoms. The van der Waals surface area contributed by atoms with Gasteiger partial charge in [0.1, 0.15) is 0 Å². The van der Waals surface area contributed by atoms with Gasteiger partial charge in [-0.2, -0.15) is 0 Å². The molecule has 0 N–H and O–H groups in total. The molecule has 1 saturated heterocycles. The summed E-state index contributed by atoms with van der Waals surface area (Å²) in [4.78, 5) is 28.4. The van der Waals surface area contributed by atoms with Crippen molar-refractivity contribution in [3.8, 4) is 0 Å². The molecule has 1 fully saturated rings. The maximum absolute atomic E-state index is 12.4. The quantitative estimate of drug-likeness (QED) is 0.462. The van der Waals surface area contributed by atoms with Crippen molar-refractivity contribution in [1.82, 2.24) is 9.88 Å². The molecule has 0 radical (unpaired) electrons. The first kappa shape index (κ1) is 21.6. The Morgan fingerprint density at radius 2 is 1.88 bits per heavy atom. The normalized spacial score (nSPS) is 21.0. The second kappa shape index (κ2) is 9.00. The zero-order valence-corrected chi connectivity index (χ0v) is 20.5. The number of hydrogen-bond donors (Lipinski definition) is 0. The van der Waals surface area contributed by atoms with E-state index in [4.69, 9.17) is 21.3 Å². The van der Waals surface area contributed by atoms with E-state index in [0.717, 1.165) is 40.5 Å². The Balaban J connectivity index is 2.13. The number of carbonyl (C=O) groups excluding carboxylic acids is 1. The molecule has 1 aromatic rings. The van der Waals surface area contributed by atoms with Gasteiger partial charge in [0.25, 0.3) is 0 Å². The fourth-order valence-corrected chi connectivity index (χ4v) is 8.96. The number of ether oxygens (including phenoxy) is 1. The van der Waals surface area contributed by atoms with Crippen LogP contribution in [0.1, 0.15) is 33.6 Å². The first-order chi connectivity index (χ1) is 12.1. The molecular formula is C19H32ClN3O2Sn. The number of pyridine rings is 1. The number of hydrogen-bond acceptors (Lipinski definition) is 4. The van der Waals surface area contributed by atoms with E-state index in [1.807, 2.05) is 17.0 Å². The van der Waals surface area contributed by atoms with Gasteiger partial charge in [0, 0.05) is 0 Å². The number of carbonyl (C=O) groups is 1. The summed E-state index contributed by atoms with van der Waals surface area (Å²) in [7, 11) is 0. The van der Waals surface area contributed by atoms with Gasteiger partial charge in [0.15, 0.2) is 0 Å². The molecule has 0 unspecified atom stereocenters. The van der Waals surface area contributed by atoms with Crippen LogP contribution in [0.15, 0.2) is 12.1 Å². The number of anilines is 1. The Morgan fingerprint density at radius 1 is 1.27 bits per heavy atom. The topological polar surface area (TPSA) is 45.7 Å². The summed E-state index contributed by atoms with van der Waals surface area (Å²) in [5, 5.41) is 0.788. The zero-order chi connectivity index (χ0) is 19.5. The van der Waals surface area contributed by atoms with Crippen molar-refractivity contribution in [3.63, 3.8) is 0 Å². The van der Waals surface area contributed by atoms with Gasteiger partial charge in [-0.15, -0.1) is 0 Å². The molecule has 1 aromatic heterocycles. The van der Waals surface area contributed by atoms with Gasteiger partial charge >= 0.3 is 160 Å². The Morgan fingerprint density at radius 3 is 2.42 bits per heavy atom. The predicted octanol–water partition coefficient (Wildman–Crippen LogP) is 4.12. The van der Waals surface area contributed by atoms with E-state index >= 15 is 0 Å². The maximum atomic E-state index is 12.4. The van der Waals surface area contributed by atoms with Gasteiger partial charge in [-0.25, -0.2) is 0 Å². The van der Waals surface area contributed by atoms with E-state index < -0.39 is 18.4 Å². The van der Waals surface area contributed by atoms with Crippen LogP contribution in [0.5, 0.6) is 0 Å². The first-order valence-electron chi connectivity index (χ1n) is 9.52. The van der Waals surface area contributed by atoms with E-state index in [9.17, 15) is 4.79 Å². The monoisotopic (exact) mass is 489 g/mol. The van der Waals surface area contributed by atoms with Crippen molar-refractivity contribution in [2.45, 2.75) is 60.5 Å². The average molecular weight is 489 g/mol. The van der Waals surface area contributed by atoms with Gasteiger partial charge in [0.05, 0.1) is 0 Å². The van der Waals surface area contributed by atoms with Crippen molar-refractivity contribution < 1.29 is 9.53 Å². The molecule has 0 saturated carbocycles. The summed E-state index contributed by atoms with van der Waals surface area (Å²) in [5.41, 5.74) is 0. The van der Waals surface area contributed by atoms with Gasteiger partial charge in [-0.3, -0.25) is 0 Å². The van der Waals surface area contributed by atoms with E-state index in [2.05, 4.69) is 40.5 Å². The number of unbranched alkanes of at least 4 members (excludes halogenated alkanes) is 1. The number of amides is 1. The summed E-state index contributed by atoms with van der Waals surface area (Å²) in [6, 6.07) is 4.12. The third-order valence-electron chi connectivity index (χ3n) is 4.72. The fraction of sp³-hybridized carbons (Fsp3) is 0.684. The summed E-state index contributed by atoms with van der Waals surface area (Å²) >= 11 is 4.03. The molecule has 0 aliphatic carbocycles. The van der Waals surface area contributed by atoms with Crippen molar-refractivity contribution in [2.75, 3.05) is 24.6 Å². The van der Waals surface area contributed by atoms with Crippen molar-refractivity contribution in [2.24, 2.45) is 0 Å². The van der Waals surface area contributed by atoms with E-state index in [1.165, 1.54) is 0 Å². The molecule has 1 amide bonds. The van der Waals surface area contributed by atoms with Crippen LogP contribution in [-0.2, 0) is 4.74 Å². The van der Waals surface area contributed by atoms with E-state index in [0.29, 0.717) is 6.61 Å². The fourth-order valence-electron chi connectivity index (χ4n) is 3.38. The first-order valence-corrected chi connectivity index (χ1v) is 19.9. The molecular weight excluding hydrogens is 456 g/mol. The molecule has 2 rings (SSSR count). The summed E-state index contributed by atoms with van der Waals surface area (Å²) < 4.78 is 6.54. The third-order valence-corrected chi connectivity index (χ3v) is 10.6. The summed E-state index contributed by atoms with van der Waals surface area (Å²) in [6.45, 7) is 8.23. The summed E-state index contributed by atoms with van der Waals surface area (Å²) in [6.07, 6.45) is 1.73. The van der Waals surface area contributed by atoms with Crippen molar-refractivity contribution >= 4 is 45.6 Å². The average Bonchev–Trinajstić information content (AvgIpc) is 2.53. The molecule has 2 atom stereocenters. The van der Waals surface area contributed by atoms with Crippen LogP contribution in [0, 0.1) is 0 Å². The van der Waals surface area contributed by atoms with Crippen LogP contribution in [0.25, 0.3) is 0 Å². The van der Waals surface area contributed by atoms with Gasteiger partial charge in [0.2, 0.25) is 0 Å². The van der Waals surface area contributed by atoms with Crippen LogP contribution in [0.3, 0.4) is 0 Å². The number of aromatic nitrogens is 1. The van der Waals surface area contributed by atoms with Gasteiger partial charge in [-0.05, 0) is 0 Å². The van der Waals surface area contributed by atoms with Crippen LogP contribution >= 0.6 is 11.6 Å². The van der Waals surface area contributed by atoms with Crippen LogP contribution < -0.4 is 8.61 Å². The van der Waals surface area contributed by atoms with Crippen LogP contribution in [-0.4, -0.2) is 66.1 Å². The molecule has 0 aromatic carbocycles. The SMILES string of the molecule is CCCCOC(=O)N1[C@H](C)CN(c2ccc(Cl)[c]([Sn]([CH3])([CH3])[CH3])n2)C[C@@H]1C. The minimum absolute atomic E-state index is 0.0759. The second-order valence-electron chi connectivity index (χ2n) is 8.23. The predicted molar refractivity (Wildman–Crippen MR) is 111 cm³/mol. The van der Waals surface area contributed by atoms with Crippen molar-refractivity contribution in [3.05, 3.63) is 17.2 Å². The molecule has 2 heterocycles. The molecule has 26 heavy (non-hydrogen) atoms. The third kappa shape index (κ3) is 5.18. The molecule has 0 spiro atoms. The van der Waals surface area contributed by atoms with Gasteiger partial charge in [-0.1, -0.05) is 6.92 Å². The molecule has 5 nitrogen and oxygen atoms in total. The number of halogens is 1. The number of rotatable bonds is 5. The molecule has 146 valence electrons. The molecule has 7 heteroatoms. The zero-order valence-electron chi connectivity index (χ0n) is 16.9. The Labute approximate surface area is 166 Å². The van der Waals surface area contributed by atoms with E-state index in [-0.39, 0.29) is 18.2 Å². The molecule has 1 aliphatic rings. The standard InChI is InChI=1S/C16H23ClN3O2.3CH3.Sn/c1-4-5-8-22-16(21)20-12(2)10-19(11-13(20)3)15-7-6-14(17)9-18-15;;;;/h6-7,12-13H,4-5,8,10-11H2,1-3H3;3*1H3;/t12-,13+;;;;. The molecule has 1 aliphatic heterocycles. The van der Waals surface area contributed by atoms with E-state index in [1.54, 1.807) is 0 Å². The second-order valence-corrected chi connectivity index (χ2v) is 22.8. The van der Waals surface area contributed by atoms with Gasteiger partial charge < -0.3 is 0 Å². The van der Waals surface area contributed by atoms with Crippen molar-refractivity contribution in [1.29, 1.82) is 0 Å². The number of nitrogens with zero attached hydrogens (tertiary/aromatic N) is 3. The Bertz CT molecular complexity index is 624. The summed E-state index contributed by atoms with van der Waals surface area (Å²) in [5.74, 6) is 0.966. The Hall–Kier alpha value is -0.691. The Kier molecular flexibility index (Phi) is 7.48. The van der Waals surface area contributed by atoms with Crippen LogP contribution in [0.2, 0.25) is 19.8 Å².